The van der Waals surface area contributed by atoms with E-state index in [0.717, 1.165) is 18.7 Å². The van der Waals surface area contributed by atoms with E-state index in [0.29, 0.717) is 11.4 Å². The zero-order chi connectivity index (χ0) is 15.4. The van der Waals surface area contributed by atoms with Gasteiger partial charge < -0.3 is 10.6 Å². The minimum Gasteiger partial charge on any atom is -0.397 e. The van der Waals surface area contributed by atoms with Gasteiger partial charge >= 0.3 is 0 Å². The average molecular weight is 286 g/mol. The van der Waals surface area contributed by atoms with Crippen LogP contribution in [0.25, 0.3) is 5.69 Å². The smallest absolute Gasteiger partial charge is 0.274 e. The van der Waals surface area contributed by atoms with Crippen molar-refractivity contribution in [1.82, 2.24) is 14.7 Å². The Labute approximate surface area is 125 Å². The van der Waals surface area contributed by atoms with Crippen molar-refractivity contribution < 1.29 is 4.79 Å². The number of carbonyl (C=O) groups excluding carboxylic acids is 1. The minimum absolute atomic E-state index is 0.0416. The van der Waals surface area contributed by atoms with E-state index in [2.05, 4.69) is 12.0 Å². The van der Waals surface area contributed by atoms with Gasteiger partial charge in [-0.25, -0.2) is 4.68 Å². The summed E-state index contributed by atoms with van der Waals surface area (Å²) in [6, 6.07) is 9.35. The van der Waals surface area contributed by atoms with Crippen LogP contribution in [0.4, 0.5) is 5.69 Å². The Kier molecular flexibility index (Phi) is 4.62. The van der Waals surface area contributed by atoms with Crippen molar-refractivity contribution in [2.75, 3.05) is 12.3 Å². The van der Waals surface area contributed by atoms with Crippen LogP contribution >= 0.6 is 0 Å². The highest BCUT2D eigenvalue weighted by Crippen LogP contribution is 2.16. The van der Waals surface area contributed by atoms with E-state index in [1.54, 1.807) is 16.9 Å². The van der Waals surface area contributed by atoms with Gasteiger partial charge in [-0.05, 0) is 38.5 Å². The summed E-state index contributed by atoms with van der Waals surface area (Å²) in [4.78, 5) is 14.4. The molecule has 0 aliphatic heterocycles. The van der Waals surface area contributed by atoms with Gasteiger partial charge in [-0.2, -0.15) is 5.10 Å². The molecular weight excluding hydrogens is 264 g/mol. The van der Waals surface area contributed by atoms with Crippen LogP contribution in [-0.2, 0) is 0 Å². The molecule has 1 aromatic heterocycles. The number of anilines is 1. The SMILES string of the molecule is CCCN(C(=O)c1ccn(-c2ccccc2N)n1)C(C)C. The topological polar surface area (TPSA) is 64.2 Å². The van der Waals surface area contributed by atoms with Crippen LogP contribution in [0, 0.1) is 0 Å². The Morgan fingerprint density at radius 2 is 2.05 bits per heavy atom. The molecule has 1 amide bonds. The van der Waals surface area contributed by atoms with Gasteiger partial charge in [0.2, 0.25) is 0 Å². The second-order valence-electron chi connectivity index (χ2n) is 5.30. The van der Waals surface area contributed by atoms with Gasteiger partial charge in [0.25, 0.3) is 5.91 Å². The van der Waals surface area contributed by atoms with Crippen molar-refractivity contribution in [1.29, 1.82) is 0 Å². The summed E-state index contributed by atoms with van der Waals surface area (Å²) in [5, 5.41) is 4.37. The highest BCUT2D eigenvalue weighted by atomic mass is 16.2. The van der Waals surface area contributed by atoms with Gasteiger partial charge in [0.15, 0.2) is 5.69 Å². The van der Waals surface area contributed by atoms with E-state index in [-0.39, 0.29) is 11.9 Å². The molecule has 1 heterocycles. The molecule has 0 fully saturated rings. The van der Waals surface area contributed by atoms with Crippen molar-refractivity contribution in [2.45, 2.75) is 33.2 Å². The van der Waals surface area contributed by atoms with Gasteiger partial charge in [-0.1, -0.05) is 19.1 Å². The van der Waals surface area contributed by atoms with Crippen molar-refractivity contribution in [3.05, 3.63) is 42.2 Å². The molecule has 0 saturated heterocycles. The van der Waals surface area contributed by atoms with Gasteiger partial charge in [0.1, 0.15) is 0 Å². The van der Waals surface area contributed by atoms with E-state index in [9.17, 15) is 4.79 Å². The van der Waals surface area contributed by atoms with Crippen molar-refractivity contribution in [3.63, 3.8) is 0 Å². The Balaban J connectivity index is 2.27. The average Bonchev–Trinajstić information content (AvgIpc) is 2.94. The predicted octanol–water partition coefficient (Wildman–Crippen LogP) is 2.72. The van der Waals surface area contributed by atoms with Crippen LogP contribution in [0.3, 0.4) is 0 Å². The summed E-state index contributed by atoms with van der Waals surface area (Å²) in [5.41, 5.74) is 7.80. The quantitative estimate of drug-likeness (QED) is 0.859. The van der Waals surface area contributed by atoms with E-state index >= 15 is 0 Å². The number of nitrogen functional groups attached to an aromatic ring is 1. The molecule has 112 valence electrons. The van der Waals surface area contributed by atoms with Crippen LogP contribution in [0.15, 0.2) is 36.5 Å². The second kappa shape index (κ2) is 6.43. The number of aromatic nitrogens is 2. The molecule has 0 atom stereocenters. The molecule has 0 bridgehead atoms. The normalized spacial score (nSPS) is 10.9. The maximum Gasteiger partial charge on any atom is 0.274 e. The lowest BCUT2D eigenvalue weighted by Gasteiger charge is -2.25. The number of para-hydroxylation sites is 2. The van der Waals surface area contributed by atoms with E-state index in [4.69, 9.17) is 5.73 Å². The van der Waals surface area contributed by atoms with E-state index in [1.165, 1.54) is 0 Å². The minimum atomic E-state index is -0.0416. The lowest BCUT2D eigenvalue weighted by atomic mass is 10.2. The molecule has 1 aromatic carbocycles. The van der Waals surface area contributed by atoms with E-state index < -0.39 is 0 Å². The molecular formula is C16H22N4O. The number of benzene rings is 1. The molecule has 2 rings (SSSR count). The monoisotopic (exact) mass is 286 g/mol. The predicted molar refractivity (Wildman–Crippen MR) is 84.4 cm³/mol. The first-order valence-corrected chi connectivity index (χ1v) is 7.26. The summed E-state index contributed by atoms with van der Waals surface area (Å²) in [7, 11) is 0. The van der Waals surface area contributed by atoms with Crippen LogP contribution in [0.1, 0.15) is 37.7 Å². The summed E-state index contributed by atoms with van der Waals surface area (Å²) in [6.45, 7) is 6.82. The van der Waals surface area contributed by atoms with Gasteiger partial charge in [0.05, 0.1) is 11.4 Å². The fraction of sp³-hybridized carbons (Fsp3) is 0.375. The molecule has 0 saturated carbocycles. The molecule has 0 unspecified atom stereocenters. The molecule has 21 heavy (non-hydrogen) atoms. The van der Waals surface area contributed by atoms with Gasteiger partial charge in [0, 0.05) is 18.8 Å². The molecule has 0 aliphatic rings. The molecule has 5 heteroatoms. The lowest BCUT2D eigenvalue weighted by Crippen LogP contribution is -2.37. The summed E-state index contributed by atoms with van der Waals surface area (Å²) in [6.07, 6.45) is 2.69. The van der Waals surface area contributed by atoms with Crippen LogP contribution in [0.5, 0.6) is 0 Å². The van der Waals surface area contributed by atoms with Crippen molar-refractivity contribution in [3.8, 4) is 5.69 Å². The summed E-state index contributed by atoms with van der Waals surface area (Å²) in [5.74, 6) is -0.0416. The first-order chi connectivity index (χ1) is 10.0. The number of carbonyl (C=O) groups is 1. The number of hydrogen-bond acceptors (Lipinski definition) is 3. The zero-order valence-corrected chi connectivity index (χ0v) is 12.8. The van der Waals surface area contributed by atoms with Gasteiger partial charge in [-0.3, -0.25) is 4.79 Å². The standard InChI is InChI=1S/C16H22N4O/c1-4-10-19(12(2)3)16(21)14-9-11-20(18-14)15-8-6-5-7-13(15)17/h5-9,11-12H,4,10,17H2,1-3H3. The number of nitrogens with two attached hydrogens (primary N) is 1. The number of nitrogens with zero attached hydrogens (tertiary/aromatic N) is 3. The Hall–Kier alpha value is -2.30. The molecule has 0 spiro atoms. The number of hydrogen-bond donors (Lipinski definition) is 1. The zero-order valence-electron chi connectivity index (χ0n) is 12.8. The molecule has 5 nitrogen and oxygen atoms in total. The highest BCUT2D eigenvalue weighted by Gasteiger charge is 2.20. The Morgan fingerprint density at radius 1 is 1.33 bits per heavy atom. The van der Waals surface area contributed by atoms with Crippen LogP contribution in [0.2, 0.25) is 0 Å². The third-order valence-corrected chi connectivity index (χ3v) is 3.34. The number of amides is 1. The maximum atomic E-state index is 12.5. The third kappa shape index (κ3) is 3.24. The van der Waals surface area contributed by atoms with Gasteiger partial charge in [-0.15, -0.1) is 0 Å². The largest absolute Gasteiger partial charge is 0.397 e. The highest BCUT2D eigenvalue weighted by molar-refractivity contribution is 5.92. The third-order valence-electron chi connectivity index (χ3n) is 3.34. The fourth-order valence-corrected chi connectivity index (χ4v) is 2.25. The second-order valence-corrected chi connectivity index (χ2v) is 5.30. The van der Waals surface area contributed by atoms with Crippen molar-refractivity contribution >= 4 is 11.6 Å². The van der Waals surface area contributed by atoms with Crippen LogP contribution in [-0.4, -0.2) is 33.2 Å². The summed E-state index contributed by atoms with van der Waals surface area (Å²) >= 11 is 0. The lowest BCUT2D eigenvalue weighted by molar-refractivity contribution is 0.0699. The Morgan fingerprint density at radius 3 is 2.67 bits per heavy atom. The van der Waals surface area contributed by atoms with E-state index in [1.807, 2.05) is 43.0 Å². The Bertz CT molecular complexity index is 618. The molecule has 0 radical (unpaired) electrons. The van der Waals surface area contributed by atoms with Crippen LogP contribution < -0.4 is 5.73 Å². The molecule has 2 N–H and O–H groups in total. The maximum absolute atomic E-state index is 12.5. The first kappa shape index (κ1) is 15.1. The summed E-state index contributed by atoms with van der Waals surface area (Å²) < 4.78 is 1.65. The number of rotatable bonds is 5. The molecule has 2 aromatic rings. The first-order valence-electron chi connectivity index (χ1n) is 7.26. The molecule has 0 aliphatic carbocycles. The fourth-order valence-electron chi connectivity index (χ4n) is 2.25. The van der Waals surface area contributed by atoms with Crippen molar-refractivity contribution in [2.24, 2.45) is 0 Å².